The zero-order valence-corrected chi connectivity index (χ0v) is 19.0. The molecule has 16 nitrogen and oxygen atoms in total. The van der Waals surface area contributed by atoms with Crippen molar-refractivity contribution in [2.45, 2.75) is 69.1 Å². The Morgan fingerprint density at radius 1 is 0.600 bits per heavy atom. The van der Waals surface area contributed by atoms with E-state index in [2.05, 4.69) is 16.0 Å². The molecule has 0 aliphatic carbocycles. The van der Waals surface area contributed by atoms with Crippen LogP contribution in [0.4, 0.5) is 0 Å². The van der Waals surface area contributed by atoms with E-state index < -0.39 is 71.9 Å². The fourth-order valence-corrected chi connectivity index (χ4v) is 2.70. The molecule has 0 aromatic carbocycles. The minimum atomic E-state index is -1.56. The molecule has 0 bridgehead atoms. The van der Waals surface area contributed by atoms with Gasteiger partial charge in [0.15, 0.2) is 0 Å². The van der Waals surface area contributed by atoms with E-state index in [1.807, 2.05) is 0 Å². The van der Waals surface area contributed by atoms with Gasteiger partial charge in [-0.2, -0.15) is 0 Å². The lowest BCUT2D eigenvalue weighted by atomic mass is 10.1. The Hall–Kier alpha value is -4.08. The van der Waals surface area contributed by atoms with Crippen LogP contribution in [0.15, 0.2) is 0 Å². The predicted molar refractivity (Wildman–Crippen MR) is 119 cm³/mol. The predicted octanol–water partition coefficient (Wildman–Crippen LogP) is -5.36. The number of nitrogens with one attached hydrogen (secondary N) is 3. The number of carbonyl (C=O) groups is 8. The Morgan fingerprint density at radius 2 is 1.06 bits per heavy atom. The van der Waals surface area contributed by atoms with Crippen molar-refractivity contribution in [3.8, 4) is 0 Å². The molecular formula is C19H32N8O8. The van der Waals surface area contributed by atoms with Crippen LogP contribution in [0.5, 0.6) is 0 Å². The summed E-state index contributed by atoms with van der Waals surface area (Å²) in [4.78, 5) is 93.2. The van der Waals surface area contributed by atoms with Crippen molar-refractivity contribution in [3.63, 3.8) is 0 Å². The summed E-state index contributed by atoms with van der Waals surface area (Å²) in [7, 11) is 0. The van der Waals surface area contributed by atoms with Crippen molar-refractivity contribution in [3.05, 3.63) is 0 Å². The third-order valence-electron chi connectivity index (χ3n) is 4.58. The van der Waals surface area contributed by atoms with Crippen molar-refractivity contribution in [1.29, 1.82) is 0 Å². The lowest BCUT2D eigenvalue weighted by Gasteiger charge is -2.24. The molecule has 16 heteroatoms. The molecule has 0 saturated carbocycles. The van der Waals surface area contributed by atoms with Gasteiger partial charge >= 0.3 is 0 Å². The van der Waals surface area contributed by atoms with Gasteiger partial charge < -0.3 is 49.4 Å². The number of hydrogen-bond donors (Lipinski definition) is 8. The first-order chi connectivity index (χ1) is 16.3. The van der Waals surface area contributed by atoms with Crippen molar-refractivity contribution >= 4 is 47.6 Å². The number of rotatable bonds is 18. The van der Waals surface area contributed by atoms with Crippen LogP contribution in [0, 0.1) is 0 Å². The normalized spacial score (nSPS) is 13.9. The number of amides is 7. The molecule has 7 amide bonds. The minimum absolute atomic E-state index is 0.107. The number of hydrogen-bond acceptors (Lipinski definition) is 9. The van der Waals surface area contributed by atoms with Crippen LogP contribution in [-0.2, 0) is 38.4 Å². The molecule has 0 spiro atoms. The van der Waals surface area contributed by atoms with Crippen molar-refractivity contribution in [1.82, 2.24) is 16.0 Å². The Balaban J connectivity index is 5.48. The zero-order chi connectivity index (χ0) is 27.1. The summed E-state index contributed by atoms with van der Waals surface area (Å²) in [5.41, 5.74) is 25.9. The third-order valence-corrected chi connectivity index (χ3v) is 4.58. The highest BCUT2D eigenvalue weighted by atomic mass is 16.2. The van der Waals surface area contributed by atoms with E-state index in [9.17, 15) is 38.4 Å². The Labute approximate surface area is 200 Å². The lowest BCUT2D eigenvalue weighted by Crippen LogP contribution is -2.57. The number of nitrogens with two attached hydrogens (primary N) is 5. The standard InChI is InChI=1S/C19H32N8O8/c20-10(2-5-14(22)30)17(33)27-12(7-16(24)32)19(35)26-11(3-6-15(23)31)18(34)25-9(8-28)1-4-13(21)29/h8-12H,1-7,20H2,(H2,21,29)(H2,22,30)(H2,23,31)(H2,24,32)(H,25,34)(H,26,35)(H,27,33)/t9-,10-,11-,12-/m0/s1. The SMILES string of the molecule is NC(=O)CC[C@@H](C=O)NC(=O)[C@H](CCC(N)=O)NC(=O)[C@H](CC(N)=O)NC(=O)[C@@H](N)CCC(N)=O. The summed E-state index contributed by atoms with van der Waals surface area (Å²) in [6.07, 6.45) is -1.58. The van der Waals surface area contributed by atoms with Crippen LogP contribution < -0.4 is 44.6 Å². The zero-order valence-electron chi connectivity index (χ0n) is 19.0. The van der Waals surface area contributed by atoms with E-state index in [1.54, 1.807) is 0 Å². The molecule has 0 saturated heterocycles. The first kappa shape index (κ1) is 30.9. The molecule has 0 rings (SSSR count). The number of primary amides is 4. The summed E-state index contributed by atoms with van der Waals surface area (Å²) in [6.45, 7) is 0. The smallest absolute Gasteiger partial charge is 0.243 e. The molecule has 4 atom stereocenters. The highest BCUT2D eigenvalue weighted by molar-refractivity contribution is 5.96. The van der Waals surface area contributed by atoms with Gasteiger partial charge in [0.1, 0.15) is 18.4 Å². The van der Waals surface area contributed by atoms with E-state index in [-0.39, 0.29) is 38.5 Å². The largest absolute Gasteiger partial charge is 0.370 e. The van der Waals surface area contributed by atoms with Crippen LogP contribution in [0.3, 0.4) is 0 Å². The van der Waals surface area contributed by atoms with Gasteiger partial charge in [-0.1, -0.05) is 0 Å². The highest BCUT2D eigenvalue weighted by Crippen LogP contribution is 2.04. The monoisotopic (exact) mass is 500 g/mol. The van der Waals surface area contributed by atoms with E-state index in [4.69, 9.17) is 28.7 Å². The molecule has 0 aromatic heterocycles. The van der Waals surface area contributed by atoms with Crippen LogP contribution in [0.1, 0.15) is 44.9 Å². The lowest BCUT2D eigenvalue weighted by molar-refractivity contribution is -0.134. The van der Waals surface area contributed by atoms with Gasteiger partial charge in [0.05, 0.1) is 18.5 Å². The molecule has 0 heterocycles. The van der Waals surface area contributed by atoms with Gasteiger partial charge in [-0.3, -0.25) is 33.6 Å². The molecule has 196 valence electrons. The summed E-state index contributed by atoms with van der Waals surface area (Å²) in [5, 5.41) is 6.76. The van der Waals surface area contributed by atoms with Gasteiger partial charge in [-0.05, 0) is 19.3 Å². The fourth-order valence-electron chi connectivity index (χ4n) is 2.70. The maximum absolute atomic E-state index is 12.8. The van der Waals surface area contributed by atoms with Gasteiger partial charge in [0, 0.05) is 19.3 Å². The summed E-state index contributed by atoms with van der Waals surface area (Å²) in [6, 6.07) is -5.33. The van der Waals surface area contributed by atoms with E-state index >= 15 is 0 Å². The fraction of sp³-hybridized carbons (Fsp3) is 0.579. The number of carbonyl (C=O) groups excluding carboxylic acids is 8. The van der Waals surface area contributed by atoms with E-state index in [1.165, 1.54) is 0 Å². The molecule has 0 aliphatic rings. The quantitative estimate of drug-likeness (QED) is 0.0831. The topological polar surface area (TPSA) is 303 Å². The maximum Gasteiger partial charge on any atom is 0.243 e. The summed E-state index contributed by atoms with van der Waals surface area (Å²) >= 11 is 0. The second-order valence-corrected chi connectivity index (χ2v) is 7.67. The molecule has 0 unspecified atom stereocenters. The van der Waals surface area contributed by atoms with Crippen LogP contribution >= 0.6 is 0 Å². The van der Waals surface area contributed by atoms with E-state index in [0.717, 1.165) is 0 Å². The first-order valence-corrected chi connectivity index (χ1v) is 10.5. The van der Waals surface area contributed by atoms with Crippen molar-refractivity contribution in [2.24, 2.45) is 28.7 Å². The first-order valence-electron chi connectivity index (χ1n) is 10.5. The molecule has 0 aromatic rings. The summed E-state index contributed by atoms with van der Waals surface area (Å²) < 4.78 is 0. The molecule has 0 fully saturated rings. The molecule has 0 aliphatic heterocycles. The second-order valence-electron chi connectivity index (χ2n) is 7.67. The average molecular weight is 501 g/mol. The Morgan fingerprint density at radius 3 is 1.54 bits per heavy atom. The Kier molecular flexibility index (Phi) is 13.9. The van der Waals surface area contributed by atoms with E-state index in [0.29, 0.717) is 6.29 Å². The Bertz CT molecular complexity index is 834. The third kappa shape index (κ3) is 13.9. The highest BCUT2D eigenvalue weighted by Gasteiger charge is 2.30. The molecular weight excluding hydrogens is 468 g/mol. The second kappa shape index (κ2) is 15.7. The van der Waals surface area contributed by atoms with Gasteiger partial charge in [-0.25, -0.2) is 0 Å². The minimum Gasteiger partial charge on any atom is -0.370 e. The van der Waals surface area contributed by atoms with Crippen LogP contribution in [0.2, 0.25) is 0 Å². The van der Waals surface area contributed by atoms with Gasteiger partial charge in [-0.15, -0.1) is 0 Å². The van der Waals surface area contributed by atoms with Crippen molar-refractivity contribution in [2.75, 3.05) is 0 Å². The van der Waals surface area contributed by atoms with Crippen molar-refractivity contribution < 1.29 is 38.4 Å². The summed E-state index contributed by atoms with van der Waals surface area (Å²) in [5.74, 6) is -5.98. The molecule has 35 heavy (non-hydrogen) atoms. The maximum atomic E-state index is 12.8. The molecule has 13 N–H and O–H groups in total. The van der Waals surface area contributed by atoms with Crippen LogP contribution in [-0.4, -0.2) is 71.8 Å². The van der Waals surface area contributed by atoms with Gasteiger partial charge in [0.2, 0.25) is 41.4 Å². The van der Waals surface area contributed by atoms with Gasteiger partial charge in [0.25, 0.3) is 0 Å². The van der Waals surface area contributed by atoms with Crippen LogP contribution in [0.25, 0.3) is 0 Å². The number of aldehydes is 1. The average Bonchev–Trinajstić information content (AvgIpc) is 2.75. The molecule has 0 radical (unpaired) electrons.